The van der Waals surface area contributed by atoms with Gasteiger partial charge in [-0.3, -0.25) is 4.68 Å². The summed E-state index contributed by atoms with van der Waals surface area (Å²) in [6, 6.07) is 6.33. The molecule has 0 saturated heterocycles. The highest BCUT2D eigenvalue weighted by molar-refractivity contribution is 9.10. The van der Waals surface area contributed by atoms with Crippen molar-refractivity contribution in [3.63, 3.8) is 0 Å². The fourth-order valence-corrected chi connectivity index (χ4v) is 2.37. The fourth-order valence-electron chi connectivity index (χ4n) is 1.76. The summed E-state index contributed by atoms with van der Waals surface area (Å²) in [5, 5.41) is 10.9. The van der Waals surface area contributed by atoms with Crippen molar-refractivity contribution in [3.05, 3.63) is 46.3 Å². The first kappa shape index (κ1) is 16.9. The molecule has 0 atom stereocenters. The molecule has 22 heavy (non-hydrogen) atoms. The molecule has 0 bridgehead atoms. The van der Waals surface area contributed by atoms with Gasteiger partial charge in [-0.1, -0.05) is 12.1 Å². The molecule has 1 heterocycles. The average Bonchev–Trinajstić information content (AvgIpc) is 2.81. The minimum absolute atomic E-state index is 0.250. The summed E-state index contributed by atoms with van der Waals surface area (Å²) in [5.74, 6) is 0.372. The molecule has 0 saturated carbocycles. The van der Waals surface area contributed by atoms with Crippen molar-refractivity contribution < 1.29 is 9.13 Å². The molecule has 0 aliphatic rings. The van der Waals surface area contributed by atoms with Crippen molar-refractivity contribution in [1.82, 2.24) is 15.1 Å². The fraction of sp³-hybridized carbons (Fsp3) is 0.286. The first-order valence-electron chi connectivity index (χ1n) is 6.59. The number of ether oxygens (including phenoxy) is 1. The molecule has 118 valence electrons. The number of hydrogen-bond donors (Lipinski definition) is 2. The maximum absolute atomic E-state index is 12.9. The number of hydrogen-bond acceptors (Lipinski definition) is 3. The Morgan fingerprint density at radius 2 is 2.14 bits per heavy atom. The third kappa shape index (κ3) is 5.04. The van der Waals surface area contributed by atoms with Crippen LogP contribution in [-0.2, 0) is 11.3 Å². The molecule has 1 aromatic carbocycles. The number of methoxy groups -OCH3 is 1. The number of halogens is 2. The minimum Gasteiger partial charge on any atom is -0.383 e. The summed E-state index contributed by atoms with van der Waals surface area (Å²) in [4.78, 5) is 0. The van der Waals surface area contributed by atoms with Crippen molar-refractivity contribution in [1.29, 1.82) is 0 Å². The number of aromatic nitrogens is 2. The van der Waals surface area contributed by atoms with Gasteiger partial charge < -0.3 is 15.4 Å². The van der Waals surface area contributed by atoms with Gasteiger partial charge in [0.25, 0.3) is 0 Å². The second-order valence-electron chi connectivity index (χ2n) is 4.52. The van der Waals surface area contributed by atoms with Gasteiger partial charge in [0, 0.05) is 19.9 Å². The monoisotopic (exact) mass is 386 g/mol. The van der Waals surface area contributed by atoms with Crippen LogP contribution in [0.25, 0.3) is 0 Å². The molecule has 8 heteroatoms. The van der Waals surface area contributed by atoms with Crippen LogP contribution in [0.15, 0.2) is 34.9 Å². The summed E-state index contributed by atoms with van der Waals surface area (Å²) >= 11 is 8.61. The van der Waals surface area contributed by atoms with Crippen LogP contribution in [0.1, 0.15) is 5.56 Å². The van der Waals surface area contributed by atoms with Gasteiger partial charge in [0.1, 0.15) is 5.82 Å². The number of anilines is 1. The molecule has 0 aliphatic heterocycles. The molecule has 0 fully saturated rings. The highest BCUT2D eigenvalue weighted by Crippen LogP contribution is 2.20. The minimum atomic E-state index is -0.250. The van der Waals surface area contributed by atoms with Gasteiger partial charge in [0.15, 0.2) is 10.9 Å². The summed E-state index contributed by atoms with van der Waals surface area (Å²) in [6.07, 6.45) is 1.84. The lowest BCUT2D eigenvalue weighted by Gasteiger charge is -2.08. The van der Waals surface area contributed by atoms with Crippen LogP contribution in [0.3, 0.4) is 0 Å². The summed E-state index contributed by atoms with van der Waals surface area (Å²) in [6.45, 7) is 1.74. The quantitative estimate of drug-likeness (QED) is 0.590. The average molecular weight is 387 g/mol. The van der Waals surface area contributed by atoms with Crippen molar-refractivity contribution in [2.24, 2.45) is 0 Å². The Hall–Kier alpha value is -1.51. The van der Waals surface area contributed by atoms with Crippen LogP contribution >= 0.6 is 28.1 Å². The Kier molecular flexibility index (Phi) is 6.29. The largest absolute Gasteiger partial charge is 0.383 e. The second-order valence-corrected chi connectivity index (χ2v) is 5.79. The van der Waals surface area contributed by atoms with E-state index in [1.165, 1.54) is 12.1 Å². The first-order chi connectivity index (χ1) is 10.6. The smallest absolute Gasteiger partial charge is 0.172 e. The van der Waals surface area contributed by atoms with Crippen LogP contribution in [0, 0.1) is 5.82 Å². The molecule has 0 unspecified atom stereocenters. The number of nitrogens with one attached hydrogen (secondary N) is 2. The van der Waals surface area contributed by atoms with Crippen molar-refractivity contribution in [2.45, 2.75) is 6.54 Å². The predicted molar refractivity (Wildman–Crippen MR) is 91.5 cm³/mol. The lowest BCUT2D eigenvalue weighted by Crippen LogP contribution is -2.31. The molecule has 0 amide bonds. The zero-order valence-corrected chi connectivity index (χ0v) is 14.4. The van der Waals surface area contributed by atoms with E-state index >= 15 is 0 Å². The lowest BCUT2D eigenvalue weighted by molar-refractivity contribution is 0.204. The van der Waals surface area contributed by atoms with E-state index in [9.17, 15) is 4.39 Å². The molecule has 2 aromatic rings. The Morgan fingerprint density at radius 3 is 2.82 bits per heavy atom. The van der Waals surface area contributed by atoms with E-state index < -0.39 is 0 Å². The van der Waals surface area contributed by atoms with Crippen LogP contribution in [-0.4, -0.2) is 35.2 Å². The lowest BCUT2D eigenvalue weighted by atomic mass is 10.2. The summed E-state index contributed by atoms with van der Waals surface area (Å²) in [5.41, 5.74) is 0.962. The number of rotatable bonds is 6. The van der Waals surface area contributed by atoms with Gasteiger partial charge >= 0.3 is 0 Å². The Balaban J connectivity index is 1.95. The Bertz CT molecular complexity index is 632. The topological polar surface area (TPSA) is 51.1 Å². The molecule has 5 nitrogen and oxygen atoms in total. The first-order valence-corrected chi connectivity index (χ1v) is 7.80. The molecule has 1 aromatic heterocycles. The maximum atomic E-state index is 12.9. The van der Waals surface area contributed by atoms with Gasteiger partial charge in [-0.05, 0) is 45.8 Å². The normalized spacial score (nSPS) is 10.5. The number of nitrogens with zero attached hydrogens (tertiary/aromatic N) is 2. The van der Waals surface area contributed by atoms with Crippen LogP contribution < -0.4 is 10.6 Å². The number of benzene rings is 1. The van der Waals surface area contributed by atoms with Gasteiger partial charge in [-0.2, -0.15) is 5.10 Å². The molecule has 0 aliphatic carbocycles. The van der Waals surface area contributed by atoms with Gasteiger partial charge in [-0.25, -0.2) is 4.39 Å². The third-order valence-electron chi connectivity index (χ3n) is 2.80. The highest BCUT2D eigenvalue weighted by atomic mass is 79.9. The zero-order valence-electron chi connectivity index (χ0n) is 12.0. The van der Waals surface area contributed by atoms with E-state index in [2.05, 4.69) is 31.7 Å². The van der Waals surface area contributed by atoms with E-state index in [0.29, 0.717) is 30.6 Å². The van der Waals surface area contributed by atoms with Crippen molar-refractivity contribution in [3.8, 4) is 0 Å². The van der Waals surface area contributed by atoms with E-state index in [-0.39, 0.29) is 5.82 Å². The van der Waals surface area contributed by atoms with Gasteiger partial charge in [0.2, 0.25) is 0 Å². The van der Waals surface area contributed by atoms with Gasteiger partial charge in [0.05, 0.1) is 17.6 Å². The zero-order chi connectivity index (χ0) is 15.9. The standard InChI is InChI=1S/C14H16BrFN4OS/c1-21-7-6-17-14(22)18-13-12(15)9-20(19-13)8-10-2-4-11(16)5-3-10/h2-5,9H,6-8H2,1H3,(H2,17,18,19,22). The molecule has 0 spiro atoms. The van der Waals surface area contributed by atoms with Crippen LogP contribution in [0.5, 0.6) is 0 Å². The molecule has 2 N–H and O–H groups in total. The molecular formula is C14H16BrFN4OS. The molecule has 0 radical (unpaired) electrons. The van der Waals surface area contributed by atoms with Gasteiger partial charge in [-0.15, -0.1) is 0 Å². The Morgan fingerprint density at radius 1 is 1.41 bits per heavy atom. The number of thiocarbonyl (C=S) groups is 1. The maximum Gasteiger partial charge on any atom is 0.172 e. The van der Waals surface area contributed by atoms with E-state index in [1.807, 2.05) is 6.20 Å². The second kappa shape index (κ2) is 8.21. The van der Waals surface area contributed by atoms with E-state index in [4.69, 9.17) is 17.0 Å². The third-order valence-corrected chi connectivity index (χ3v) is 3.63. The van der Waals surface area contributed by atoms with E-state index in [1.54, 1.807) is 23.9 Å². The van der Waals surface area contributed by atoms with Crippen molar-refractivity contribution in [2.75, 3.05) is 25.6 Å². The summed E-state index contributed by atoms with van der Waals surface area (Å²) in [7, 11) is 1.63. The van der Waals surface area contributed by atoms with E-state index in [0.717, 1.165) is 10.0 Å². The summed E-state index contributed by atoms with van der Waals surface area (Å²) < 4.78 is 20.4. The Labute approximate surface area is 142 Å². The highest BCUT2D eigenvalue weighted by Gasteiger charge is 2.08. The SMILES string of the molecule is COCCNC(=S)Nc1nn(Cc2ccc(F)cc2)cc1Br. The molecular weight excluding hydrogens is 371 g/mol. The van der Waals surface area contributed by atoms with Crippen molar-refractivity contribution >= 4 is 39.1 Å². The van der Waals surface area contributed by atoms with Crippen LogP contribution in [0.2, 0.25) is 0 Å². The molecule has 2 rings (SSSR count). The predicted octanol–water partition coefficient (Wildman–Crippen LogP) is 2.77. The van der Waals surface area contributed by atoms with Crippen LogP contribution in [0.4, 0.5) is 10.2 Å².